The van der Waals surface area contributed by atoms with Crippen LogP contribution in [0.1, 0.15) is 0 Å². The van der Waals surface area contributed by atoms with Crippen molar-refractivity contribution in [2.75, 3.05) is 7.11 Å². The Labute approximate surface area is 102 Å². The van der Waals surface area contributed by atoms with Crippen molar-refractivity contribution < 1.29 is 46.7 Å². The first-order chi connectivity index (χ1) is 8.17. The maximum Gasteiger partial charge on any atom is 0.515 e. The van der Waals surface area contributed by atoms with Gasteiger partial charge in [0, 0.05) is 0 Å². The largest absolute Gasteiger partial charge is 0.515 e. The molecule has 1 saturated heterocycles. The van der Waals surface area contributed by atoms with E-state index in [1.165, 1.54) is 0 Å². The molecule has 1 fully saturated rings. The molecule has 1 aliphatic rings. The van der Waals surface area contributed by atoms with Crippen LogP contribution in [-0.4, -0.2) is 76.9 Å². The van der Waals surface area contributed by atoms with Crippen molar-refractivity contribution in [1.29, 1.82) is 0 Å². The molecule has 0 radical (unpaired) electrons. The fraction of sp³-hybridized carbons (Fsp3) is 0.857. The van der Waals surface area contributed by atoms with Crippen LogP contribution in [0.25, 0.3) is 0 Å². The number of rotatable bonds is 3. The Morgan fingerprint density at radius 2 is 1.83 bits per heavy atom. The Morgan fingerprint density at radius 3 is 2.28 bits per heavy atom. The molecule has 0 aliphatic carbocycles. The van der Waals surface area contributed by atoms with Gasteiger partial charge in [0.25, 0.3) is 0 Å². The molecule has 1 aliphatic heterocycles. The fourth-order valence-corrected chi connectivity index (χ4v) is 1.91. The van der Waals surface area contributed by atoms with Gasteiger partial charge in [-0.05, 0) is 0 Å². The fourth-order valence-electron chi connectivity index (χ4n) is 1.42. The molecule has 0 aromatic heterocycles. The van der Waals surface area contributed by atoms with Crippen LogP contribution in [0, 0.1) is 0 Å². The molecule has 5 N–H and O–H groups in total. The maximum absolute atomic E-state index is 10.5. The van der Waals surface area contributed by atoms with E-state index in [9.17, 15) is 28.5 Å². The molecule has 10 nitrogen and oxygen atoms in total. The van der Waals surface area contributed by atoms with Crippen molar-refractivity contribution in [1.82, 2.24) is 0 Å². The summed E-state index contributed by atoms with van der Waals surface area (Å²) in [7, 11) is -3.92. The molecule has 106 valence electrons. The number of ether oxygens (including phenoxy) is 2. The Morgan fingerprint density at radius 1 is 1.28 bits per heavy atom. The molecule has 0 aromatic rings. The van der Waals surface area contributed by atoms with E-state index in [4.69, 9.17) is 4.55 Å². The van der Waals surface area contributed by atoms with Gasteiger partial charge in [-0.2, -0.15) is 8.42 Å². The third-order valence-electron chi connectivity index (χ3n) is 2.25. The van der Waals surface area contributed by atoms with Crippen LogP contribution in [0.5, 0.6) is 0 Å². The third-order valence-corrected chi connectivity index (χ3v) is 2.71. The van der Waals surface area contributed by atoms with Gasteiger partial charge in [-0.1, -0.05) is 0 Å². The molecular weight excluding hydrogens is 276 g/mol. The van der Waals surface area contributed by atoms with E-state index in [0.717, 1.165) is 7.11 Å². The number of aliphatic hydroxyl groups excluding tert-OH is 3. The van der Waals surface area contributed by atoms with Crippen LogP contribution in [-0.2, 0) is 24.1 Å². The lowest BCUT2D eigenvalue weighted by atomic mass is 9.99. The summed E-state index contributed by atoms with van der Waals surface area (Å²) in [5.74, 6) is -0.828. The minimum Gasteiger partial charge on any atom is -0.387 e. The first-order valence-electron chi connectivity index (χ1n) is 4.62. The summed E-state index contributed by atoms with van der Waals surface area (Å²) in [6.45, 7) is 0. The lowest BCUT2D eigenvalue weighted by Crippen LogP contribution is -2.61. The SMILES string of the molecule is COC(=[OH+])[C@@H]1O[C@@H](O)[C@H](OS(=O)(=O)O)[C@@H](O)[C@@H]1O. The van der Waals surface area contributed by atoms with Gasteiger partial charge in [0.1, 0.15) is 12.2 Å². The second kappa shape index (κ2) is 5.44. The monoisotopic (exact) mass is 289 g/mol. The lowest BCUT2D eigenvalue weighted by Gasteiger charge is -2.36. The summed E-state index contributed by atoms with van der Waals surface area (Å²) in [5, 5.41) is 28.4. The minimum absolute atomic E-state index is 0.828. The summed E-state index contributed by atoms with van der Waals surface area (Å²) in [4.78, 5) is 9.19. The number of hydrogen-bond acceptors (Lipinski definition) is 8. The van der Waals surface area contributed by atoms with Crippen molar-refractivity contribution >= 4 is 16.4 Å². The standard InChI is InChI=1S/C7H12O10S/c1-15-6(10)4-2(8)3(9)5(7(11)16-4)17-18(12,13)14/h2-5,7-9,11H,1H3,(H,12,13,14)/p+1/t2-,3-,4+,5+,7+/m0/s1. The first kappa shape index (κ1) is 15.2. The van der Waals surface area contributed by atoms with Crippen molar-refractivity contribution in [3.8, 4) is 0 Å². The normalized spacial score (nSPS) is 37.3. The number of hydrogen-bond donors (Lipinski definition) is 4. The molecule has 1 heterocycles. The molecule has 0 saturated carbocycles. The van der Waals surface area contributed by atoms with Crippen molar-refractivity contribution in [2.24, 2.45) is 0 Å². The molecule has 0 unspecified atom stereocenters. The van der Waals surface area contributed by atoms with Gasteiger partial charge in [0.2, 0.25) is 6.10 Å². The molecular formula is C7H13O10S+. The predicted octanol–water partition coefficient (Wildman–Crippen LogP) is -3.24. The zero-order valence-corrected chi connectivity index (χ0v) is 9.89. The van der Waals surface area contributed by atoms with E-state index in [0.29, 0.717) is 0 Å². The average Bonchev–Trinajstić information content (AvgIpc) is 2.27. The molecule has 0 spiro atoms. The van der Waals surface area contributed by atoms with Crippen LogP contribution in [0.2, 0.25) is 0 Å². The number of carbonyl (C=O) groups excluding carboxylic acids is 1. The predicted molar refractivity (Wildman–Crippen MR) is 53.3 cm³/mol. The second-order valence-electron chi connectivity index (χ2n) is 3.46. The zero-order chi connectivity index (χ0) is 14.1. The first-order valence-corrected chi connectivity index (χ1v) is 5.99. The van der Waals surface area contributed by atoms with E-state index < -0.39 is 47.1 Å². The summed E-state index contributed by atoms with van der Waals surface area (Å²) in [6.07, 6.45) is -9.34. The Hall–Kier alpha value is -0.820. The van der Waals surface area contributed by atoms with Crippen LogP contribution < -0.4 is 0 Å². The van der Waals surface area contributed by atoms with Crippen LogP contribution >= 0.6 is 0 Å². The summed E-state index contributed by atoms with van der Waals surface area (Å²) < 4.78 is 42.3. The molecule has 0 aromatic carbocycles. The van der Waals surface area contributed by atoms with Crippen molar-refractivity contribution in [3.05, 3.63) is 0 Å². The van der Waals surface area contributed by atoms with Gasteiger partial charge in [-0.3, -0.25) is 4.55 Å². The van der Waals surface area contributed by atoms with E-state index in [1.54, 1.807) is 0 Å². The highest BCUT2D eigenvalue weighted by Gasteiger charge is 2.52. The molecule has 0 bridgehead atoms. The molecule has 18 heavy (non-hydrogen) atoms. The molecule has 1 rings (SSSR count). The smallest absolute Gasteiger partial charge is 0.387 e. The third kappa shape index (κ3) is 3.35. The zero-order valence-electron chi connectivity index (χ0n) is 9.07. The van der Waals surface area contributed by atoms with Gasteiger partial charge in [-0.15, -0.1) is 0 Å². The quantitative estimate of drug-likeness (QED) is 0.237. The highest BCUT2D eigenvalue weighted by molar-refractivity contribution is 7.80. The highest BCUT2D eigenvalue weighted by Crippen LogP contribution is 2.23. The topological polar surface area (TPSA) is 164 Å². The number of esters is 1. The van der Waals surface area contributed by atoms with Gasteiger partial charge in [0.05, 0.1) is 0 Å². The van der Waals surface area contributed by atoms with Crippen LogP contribution in [0.15, 0.2) is 0 Å². The molecule has 5 atom stereocenters. The van der Waals surface area contributed by atoms with Crippen LogP contribution in [0.3, 0.4) is 0 Å². The summed E-state index contributed by atoms with van der Waals surface area (Å²) >= 11 is 0. The van der Waals surface area contributed by atoms with E-state index >= 15 is 0 Å². The minimum atomic E-state index is -4.97. The Balaban J connectivity index is 2.87. The Kier molecular flexibility index (Phi) is 4.61. The van der Waals surface area contributed by atoms with Gasteiger partial charge >= 0.3 is 16.4 Å². The average molecular weight is 289 g/mol. The van der Waals surface area contributed by atoms with E-state index in [1.807, 2.05) is 0 Å². The van der Waals surface area contributed by atoms with Crippen molar-refractivity contribution in [2.45, 2.75) is 30.7 Å². The second-order valence-corrected chi connectivity index (χ2v) is 4.51. The van der Waals surface area contributed by atoms with E-state index in [-0.39, 0.29) is 0 Å². The van der Waals surface area contributed by atoms with Gasteiger partial charge in [0.15, 0.2) is 19.5 Å². The summed E-state index contributed by atoms with van der Waals surface area (Å²) in [6, 6.07) is 0. The summed E-state index contributed by atoms with van der Waals surface area (Å²) in [5.41, 5.74) is 0. The highest BCUT2D eigenvalue weighted by atomic mass is 32.3. The van der Waals surface area contributed by atoms with E-state index in [2.05, 4.69) is 13.7 Å². The Bertz CT molecular complexity index is 404. The van der Waals surface area contributed by atoms with Gasteiger partial charge in [-0.25, -0.2) is 4.18 Å². The van der Waals surface area contributed by atoms with Gasteiger partial charge < -0.3 is 29.6 Å². The number of methoxy groups -OCH3 is 1. The van der Waals surface area contributed by atoms with Crippen molar-refractivity contribution in [3.63, 3.8) is 0 Å². The lowest BCUT2D eigenvalue weighted by molar-refractivity contribution is -0.263. The maximum atomic E-state index is 10.5. The van der Waals surface area contributed by atoms with Crippen LogP contribution in [0.4, 0.5) is 0 Å². The molecule has 11 heteroatoms. The molecule has 0 amide bonds. The number of aliphatic hydroxyl groups is 3.